The van der Waals surface area contributed by atoms with Crippen molar-refractivity contribution in [3.8, 4) is 0 Å². The maximum absolute atomic E-state index is 11.1. The van der Waals surface area contributed by atoms with E-state index in [1.54, 1.807) is 0 Å². The summed E-state index contributed by atoms with van der Waals surface area (Å²) in [5.41, 5.74) is -4.11. The highest BCUT2D eigenvalue weighted by atomic mass is 35.5. The molecule has 0 saturated carbocycles. The van der Waals surface area contributed by atoms with Gasteiger partial charge in [-0.05, 0) is 0 Å². The monoisotopic (exact) mass is 146 g/mol. The number of ether oxygens (including phenoxy) is 1. The molecule has 0 rings (SSSR count). The molecule has 48 valence electrons. The fourth-order valence-corrected chi connectivity index (χ4v) is 0.165. The van der Waals surface area contributed by atoms with Crippen molar-refractivity contribution < 1.29 is 23.4 Å². The van der Waals surface area contributed by atoms with Gasteiger partial charge in [0.05, 0.1) is 0 Å². The van der Waals surface area contributed by atoms with Crippen molar-refractivity contribution in [2.24, 2.45) is 0 Å². The first-order chi connectivity index (χ1) is 3.42. The van der Waals surface area contributed by atoms with Crippen molar-refractivity contribution in [3.05, 3.63) is 0 Å². The third-order valence-corrected chi connectivity index (χ3v) is 0.280. The average Bonchev–Trinajstić information content (AvgIpc) is 1.21. The van der Waals surface area contributed by atoms with Crippen molar-refractivity contribution >= 4 is 17.8 Å². The standard InChI is InChI=1S/C2HClF2O3/c3-2(4,5)8-1(6)7/h(H,6,7). The summed E-state index contributed by atoms with van der Waals surface area (Å²) < 4.78 is 25.1. The molecule has 0 aromatic heterocycles. The minimum atomic E-state index is -4.11. The molecule has 0 fully saturated rings. The Morgan fingerprint density at radius 3 is 2.12 bits per heavy atom. The van der Waals surface area contributed by atoms with E-state index in [9.17, 15) is 13.6 Å². The zero-order valence-corrected chi connectivity index (χ0v) is 4.15. The lowest BCUT2D eigenvalue weighted by molar-refractivity contribution is -0.137. The molecular weight excluding hydrogens is 145 g/mol. The highest BCUT2D eigenvalue weighted by Gasteiger charge is 2.30. The van der Waals surface area contributed by atoms with Crippen molar-refractivity contribution in [1.29, 1.82) is 0 Å². The summed E-state index contributed by atoms with van der Waals surface area (Å²) in [5, 5.41) is 7.46. The first-order valence-electron chi connectivity index (χ1n) is 1.40. The Morgan fingerprint density at radius 1 is 1.75 bits per heavy atom. The van der Waals surface area contributed by atoms with Crippen LogP contribution in [0.5, 0.6) is 0 Å². The van der Waals surface area contributed by atoms with Gasteiger partial charge in [0.25, 0.3) is 0 Å². The predicted octanol–water partition coefficient (Wildman–Crippen LogP) is 1.47. The number of carbonyl (C=O) groups is 1. The van der Waals surface area contributed by atoms with E-state index in [-0.39, 0.29) is 0 Å². The molecule has 3 nitrogen and oxygen atoms in total. The normalized spacial score (nSPS) is 10.9. The van der Waals surface area contributed by atoms with E-state index in [1.807, 2.05) is 0 Å². The highest BCUT2D eigenvalue weighted by Crippen LogP contribution is 2.19. The molecule has 0 heterocycles. The van der Waals surface area contributed by atoms with Gasteiger partial charge < -0.3 is 9.84 Å². The number of hydrogen-bond donors (Lipinski definition) is 1. The number of rotatable bonds is 1. The Kier molecular flexibility index (Phi) is 1.97. The SMILES string of the molecule is O=C(O)OC(F)(F)Cl. The van der Waals surface area contributed by atoms with Crippen LogP contribution >= 0.6 is 11.6 Å². The summed E-state index contributed by atoms with van der Waals surface area (Å²) in [6, 6.07) is 0. The van der Waals surface area contributed by atoms with Gasteiger partial charge in [-0.1, -0.05) is 0 Å². The van der Waals surface area contributed by atoms with Crippen LogP contribution in [0.2, 0.25) is 0 Å². The van der Waals surface area contributed by atoms with Gasteiger partial charge in [0.2, 0.25) is 0 Å². The maximum atomic E-state index is 11.1. The molecule has 1 N–H and O–H groups in total. The molecule has 0 saturated heterocycles. The fourth-order valence-electron chi connectivity index (χ4n) is 0.0990. The summed E-state index contributed by atoms with van der Waals surface area (Å²) in [7, 11) is 0. The number of hydrogen-bond acceptors (Lipinski definition) is 2. The number of halogens is 3. The molecule has 0 aliphatic carbocycles. The first kappa shape index (κ1) is 7.42. The molecule has 0 aromatic carbocycles. The minimum absolute atomic E-state index is 2.11. The van der Waals surface area contributed by atoms with Crippen LogP contribution in [0.3, 0.4) is 0 Å². The van der Waals surface area contributed by atoms with Crippen LogP contribution in [0.25, 0.3) is 0 Å². The molecule has 0 spiro atoms. The van der Waals surface area contributed by atoms with Gasteiger partial charge in [0, 0.05) is 11.6 Å². The second-order valence-corrected chi connectivity index (χ2v) is 1.25. The van der Waals surface area contributed by atoms with Gasteiger partial charge in [0.1, 0.15) is 0 Å². The van der Waals surface area contributed by atoms with Crippen LogP contribution < -0.4 is 0 Å². The van der Waals surface area contributed by atoms with Crippen molar-refractivity contribution in [2.45, 2.75) is 5.57 Å². The lowest BCUT2D eigenvalue weighted by Gasteiger charge is -2.02. The Hall–Kier alpha value is -0.580. The minimum Gasteiger partial charge on any atom is -0.450 e. The molecule has 0 amide bonds. The quantitative estimate of drug-likeness (QED) is 0.450. The van der Waals surface area contributed by atoms with Gasteiger partial charge in [-0.3, -0.25) is 0 Å². The van der Waals surface area contributed by atoms with E-state index in [4.69, 9.17) is 5.11 Å². The molecule has 0 aromatic rings. The molecule has 6 heteroatoms. The van der Waals surface area contributed by atoms with Gasteiger partial charge >= 0.3 is 11.7 Å². The Labute approximate surface area is 47.8 Å². The van der Waals surface area contributed by atoms with Crippen molar-refractivity contribution in [2.75, 3.05) is 0 Å². The third-order valence-electron chi connectivity index (χ3n) is 0.203. The Balaban J connectivity index is 3.55. The van der Waals surface area contributed by atoms with E-state index in [0.717, 1.165) is 0 Å². The first-order valence-corrected chi connectivity index (χ1v) is 1.78. The van der Waals surface area contributed by atoms with E-state index in [1.165, 1.54) is 0 Å². The summed E-state index contributed by atoms with van der Waals surface area (Å²) >= 11 is 3.99. The molecule has 0 aliphatic heterocycles. The van der Waals surface area contributed by atoms with Crippen LogP contribution in [-0.4, -0.2) is 16.8 Å². The Bertz CT molecular complexity index is 97.9. The van der Waals surface area contributed by atoms with Crippen LogP contribution in [0.1, 0.15) is 0 Å². The number of carboxylic acid groups (broad SMARTS) is 1. The van der Waals surface area contributed by atoms with Crippen molar-refractivity contribution in [3.63, 3.8) is 0 Å². The molecule has 0 bridgehead atoms. The number of alkyl halides is 3. The van der Waals surface area contributed by atoms with E-state index < -0.39 is 11.7 Å². The van der Waals surface area contributed by atoms with Gasteiger partial charge in [-0.15, -0.1) is 8.78 Å². The molecule has 0 atom stereocenters. The highest BCUT2D eigenvalue weighted by molar-refractivity contribution is 6.21. The maximum Gasteiger partial charge on any atom is 0.511 e. The third kappa shape index (κ3) is 5.42. The van der Waals surface area contributed by atoms with Crippen LogP contribution in [-0.2, 0) is 4.74 Å². The van der Waals surface area contributed by atoms with E-state index in [2.05, 4.69) is 16.3 Å². The predicted molar refractivity (Wildman–Crippen MR) is 19.9 cm³/mol. The molecule has 0 radical (unpaired) electrons. The molecule has 0 unspecified atom stereocenters. The zero-order chi connectivity index (χ0) is 6.78. The molecular formula is C2HClF2O3. The second kappa shape index (κ2) is 2.13. The lowest BCUT2D eigenvalue weighted by atomic mass is 11.3. The van der Waals surface area contributed by atoms with E-state index >= 15 is 0 Å². The van der Waals surface area contributed by atoms with Crippen LogP contribution in [0.4, 0.5) is 13.6 Å². The molecule has 8 heavy (non-hydrogen) atoms. The summed E-state index contributed by atoms with van der Waals surface area (Å²) in [6.45, 7) is 0. The summed E-state index contributed by atoms with van der Waals surface area (Å²) in [4.78, 5) is 9.23. The average molecular weight is 146 g/mol. The lowest BCUT2D eigenvalue weighted by Crippen LogP contribution is -2.15. The van der Waals surface area contributed by atoms with E-state index in [0.29, 0.717) is 0 Å². The fraction of sp³-hybridized carbons (Fsp3) is 0.500. The van der Waals surface area contributed by atoms with Crippen LogP contribution in [0, 0.1) is 0 Å². The molecule has 0 aliphatic rings. The zero-order valence-electron chi connectivity index (χ0n) is 3.40. The second-order valence-electron chi connectivity index (χ2n) is 0.814. The summed E-state index contributed by atoms with van der Waals surface area (Å²) in [6.07, 6.45) is -2.11. The van der Waals surface area contributed by atoms with Crippen LogP contribution in [0.15, 0.2) is 0 Å². The van der Waals surface area contributed by atoms with Crippen molar-refractivity contribution in [1.82, 2.24) is 0 Å². The van der Waals surface area contributed by atoms with Gasteiger partial charge in [0.15, 0.2) is 0 Å². The Morgan fingerprint density at radius 2 is 2.12 bits per heavy atom. The summed E-state index contributed by atoms with van der Waals surface area (Å²) in [5.74, 6) is 0. The smallest absolute Gasteiger partial charge is 0.450 e. The van der Waals surface area contributed by atoms with Gasteiger partial charge in [-0.2, -0.15) is 0 Å². The topological polar surface area (TPSA) is 46.5 Å². The van der Waals surface area contributed by atoms with Gasteiger partial charge in [-0.25, -0.2) is 4.79 Å². The largest absolute Gasteiger partial charge is 0.511 e.